The van der Waals surface area contributed by atoms with Gasteiger partial charge in [-0.15, -0.1) is 11.8 Å². The van der Waals surface area contributed by atoms with Crippen molar-refractivity contribution in [1.82, 2.24) is 0 Å². The first kappa shape index (κ1) is 26.4. The molecule has 0 aromatic heterocycles. The van der Waals surface area contributed by atoms with Crippen molar-refractivity contribution in [3.63, 3.8) is 0 Å². The quantitative estimate of drug-likeness (QED) is 0.166. The first-order chi connectivity index (χ1) is 18.4. The summed E-state index contributed by atoms with van der Waals surface area (Å²) < 4.78 is 0. The molecule has 0 aliphatic carbocycles. The average Bonchev–Trinajstić information content (AvgIpc) is 2.93. The Hall–Kier alpha value is -4.62. The van der Waals surface area contributed by atoms with Crippen LogP contribution in [0, 0.1) is 6.92 Å². The van der Waals surface area contributed by atoms with Crippen LogP contribution in [0.4, 0.5) is 11.4 Å². The molecular weight excluding hydrogens is 496 g/mol. The summed E-state index contributed by atoms with van der Waals surface area (Å²) in [6.45, 7) is 1.81. The minimum atomic E-state index is -1.06. The molecule has 4 aromatic rings. The summed E-state index contributed by atoms with van der Waals surface area (Å²) in [7, 11) is 0. The van der Waals surface area contributed by atoms with E-state index >= 15 is 0 Å². The van der Waals surface area contributed by atoms with Crippen molar-refractivity contribution in [2.24, 2.45) is 0 Å². The lowest BCUT2D eigenvalue weighted by Crippen LogP contribution is -2.20. The lowest BCUT2D eigenvalue weighted by molar-refractivity contribution is -0.116. The van der Waals surface area contributed by atoms with Gasteiger partial charge in [0.05, 0.1) is 5.56 Å². The van der Waals surface area contributed by atoms with E-state index in [-0.39, 0.29) is 17.4 Å². The highest BCUT2D eigenvalue weighted by atomic mass is 32.2. The zero-order chi connectivity index (χ0) is 26.9. The Morgan fingerprint density at radius 1 is 0.816 bits per heavy atom. The molecule has 0 saturated carbocycles. The number of carboxylic acid groups (broad SMARTS) is 1. The third kappa shape index (κ3) is 7.21. The summed E-state index contributed by atoms with van der Waals surface area (Å²) in [6.07, 6.45) is 3.23. The van der Waals surface area contributed by atoms with Gasteiger partial charge in [0, 0.05) is 22.3 Å². The van der Waals surface area contributed by atoms with Gasteiger partial charge in [-0.2, -0.15) is 0 Å². The van der Waals surface area contributed by atoms with Crippen molar-refractivity contribution in [1.29, 1.82) is 0 Å². The number of amides is 2. The van der Waals surface area contributed by atoms with Crippen LogP contribution >= 0.6 is 11.8 Å². The van der Waals surface area contributed by atoms with Gasteiger partial charge in [-0.05, 0) is 66.1 Å². The maximum Gasteiger partial charge on any atom is 0.335 e. The smallest absolute Gasteiger partial charge is 0.335 e. The molecule has 0 fully saturated rings. The van der Waals surface area contributed by atoms with Gasteiger partial charge in [0.15, 0.2) is 0 Å². The second-order valence-corrected chi connectivity index (χ2v) is 9.67. The zero-order valence-electron chi connectivity index (χ0n) is 20.6. The predicted octanol–water partition coefficient (Wildman–Crippen LogP) is 6.82. The van der Waals surface area contributed by atoms with Crippen LogP contribution in [-0.4, -0.2) is 22.9 Å². The van der Waals surface area contributed by atoms with Crippen molar-refractivity contribution in [3.8, 4) is 0 Å². The summed E-state index contributed by atoms with van der Waals surface area (Å²) >= 11 is 1.37. The van der Waals surface area contributed by atoms with E-state index in [4.69, 9.17) is 0 Å². The van der Waals surface area contributed by atoms with Crippen molar-refractivity contribution in [2.75, 3.05) is 10.6 Å². The monoisotopic (exact) mass is 522 g/mol. The second-order valence-electron chi connectivity index (χ2n) is 8.49. The highest BCUT2D eigenvalue weighted by Gasteiger charge is 2.23. The Balaban J connectivity index is 1.47. The number of carbonyl (C=O) groups is 3. The minimum Gasteiger partial charge on any atom is -0.478 e. The molecule has 0 aliphatic heterocycles. The summed E-state index contributed by atoms with van der Waals surface area (Å²) in [5.41, 5.74) is 3.71. The van der Waals surface area contributed by atoms with Crippen LogP contribution in [0.1, 0.15) is 32.3 Å². The Labute approximate surface area is 225 Å². The van der Waals surface area contributed by atoms with Crippen LogP contribution in [0.5, 0.6) is 0 Å². The van der Waals surface area contributed by atoms with Crippen molar-refractivity contribution in [3.05, 3.63) is 131 Å². The van der Waals surface area contributed by atoms with Gasteiger partial charge in [-0.1, -0.05) is 66.7 Å². The second kappa shape index (κ2) is 12.6. The first-order valence-corrected chi connectivity index (χ1v) is 12.8. The number of aryl methyl sites for hydroxylation is 1. The van der Waals surface area contributed by atoms with Crippen LogP contribution < -0.4 is 10.6 Å². The minimum absolute atomic E-state index is 0.103. The molecule has 2 amide bonds. The number of hydrogen-bond donors (Lipinski definition) is 3. The highest BCUT2D eigenvalue weighted by molar-refractivity contribution is 8.00. The zero-order valence-corrected chi connectivity index (χ0v) is 21.4. The van der Waals surface area contributed by atoms with E-state index in [1.54, 1.807) is 24.3 Å². The molecule has 3 N–H and O–H groups in total. The molecule has 0 radical (unpaired) electrons. The largest absolute Gasteiger partial charge is 0.478 e. The van der Waals surface area contributed by atoms with Crippen LogP contribution in [0.15, 0.2) is 114 Å². The standard InChI is InChI=1S/C31H26N2O4S/c1-21-12-14-24(31(36)37)20-27(21)33-30(35)29(23-10-6-3-7-11-23)38-26-17-15-25(16-18-26)32-28(34)19-13-22-8-4-2-5-9-22/h2-20,29H,1H3,(H,32,34)(H,33,35)(H,36,37)/b19-13+. The van der Waals surface area contributed by atoms with Gasteiger partial charge in [0.1, 0.15) is 5.25 Å². The number of nitrogens with one attached hydrogen (secondary N) is 2. The fraction of sp³-hybridized carbons (Fsp3) is 0.0645. The Kier molecular flexibility index (Phi) is 8.74. The van der Waals surface area contributed by atoms with Gasteiger partial charge in [0.2, 0.25) is 11.8 Å². The fourth-order valence-corrected chi connectivity index (χ4v) is 4.69. The predicted molar refractivity (Wildman–Crippen MR) is 152 cm³/mol. The molecule has 1 unspecified atom stereocenters. The molecule has 6 nitrogen and oxygen atoms in total. The van der Waals surface area contributed by atoms with Crippen LogP contribution in [0.2, 0.25) is 0 Å². The van der Waals surface area contributed by atoms with Gasteiger partial charge >= 0.3 is 5.97 Å². The molecule has 0 aliphatic rings. The van der Waals surface area contributed by atoms with Gasteiger partial charge < -0.3 is 15.7 Å². The van der Waals surface area contributed by atoms with Crippen LogP contribution in [0.25, 0.3) is 6.08 Å². The Morgan fingerprint density at radius 3 is 2.13 bits per heavy atom. The van der Waals surface area contributed by atoms with Crippen LogP contribution in [-0.2, 0) is 9.59 Å². The topological polar surface area (TPSA) is 95.5 Å². The summed E-state index contributed by atoms with van der Waals surface area (Å²) in [5.74, 6) is -1.57. The van der Waals surface area contributed by atoms with Crippen molar-refractivity contribution < 1.29 is 19.5 Å². The van der Waals surface area contributed by atoms with Crippen LogP contribution in [0.3, 0.4) is 0 Å². The van der Waals surface area contributed by atoms with E-state index < -0.39 is 11.2 Å². The number of carboxylic acids is 1. The lowest BCUT2D eigenvalue weighted by Gasteiger charge is -2.18. The summed E-state index contributed by atoms with van der Waals surface area (Å²) in [4.78, 5) is 37.9. The molecule has 0 bridgehead atoms. The average molecular weight is 523 g/mol. The third-order valence-electron chi connectivity index (χ3n) is 5.69. The number of hydrogen-bond acceptors (Lipinski definition) is 4. The normalized spacial score (nSPS) is 11.6. The van der Waals surface area contributed by atoms with Gasteiger partial charge in [0.25, 0.3) is 0 Å². The number of anilines is 2. The van der Waals surface area contributed by atoms with Crippen molar-refractivity contribution in [2.45, 2.75) is 17.1 Å². The molecule has 190 valence electrons. The maximum absolute atomic E-state index is 13.4. The maximum atomic E-state index is 13.4. The summed E-state index contributed by atoms with van der Waals surface area (Å²) in [5, 5.41) is 14.5. The SMILES string of the molecule is Cc1ccc(C(=O)O)cc1NC(=O)C(Sc1ccc(NC(=O)/C=C/c2ccccc2)cc1)c1ccccc1. The number of benzene rings is 4. The van der Waals surface area contributed by atoms with E-state index in [2.05, 4.69) is 10.6 Å². The molecular formula is C31H26N2O4S. The Morgan fingerprint density at radius 2 is 1.47 bits per heavy atom. The van der Waals surface area contributed by atoms with E-state index in [1.807, 2.05) is 79.7 Å². The summed E-state index contributed by atoms with van der Waals surface area (Å²) in [6, 6.07) is 30.9. The molecule has 0 heterocycles. The molecule has 4 rings (SSSR count). The van der Waals surface area contributed by atoms with Gasteiger partial charge in [-0.3, -0.25) is 9.59 Å². The number of carbonyl (C=O) groups excluding carboxylic acids is 2. The van der Waals surface area contributed by atoms with E-state index in [9.17, 15) is 19.5 Å². The molecule has 4 aromatic carbocycles. The molecule has 38 heavy (non-hydrogen) atoms. The first-order valence-electron chi connectivity index (χ1n) is 11.9. The lowest BCUT2D eigenvalue weighted by atomic mass is 10.1. The number of aromatic carboxylic acids is 1. The molecule has 0 spiro atoms. The highest BCUT2D eigenvalue weighted by Crippen LogP contribution is 2.37. The number of thioether (sulfide) groups is 1. The van der Waals surface area contributed by atoms with Crippen molar-refractivity contribution >= 4 is 47.0 Å². The van der Waals surface area contributed by atoms with Gasteiger partial charge in [-0.25, -0.2) is 4.79 Å². The molecule has 1 atom stereocenters. The van der Waals surface area contributed by atoms with E-state index in [1.165, 1.54) is 30.0 Å². The third-order valence-corrected chi connectivity index (χ3v) is 6.95. The molecule has 0 saturated heterocycles. The van der Waals surface area contributed by atoms with E-state index in [0.29, 0.717) is 11.4 Å². The molecule has 7 heteroatoms. The van der Waals surface area contributed by atoms with E-state index in [0.717, 1.165) is 21.6 Å². The number of rotatable bonds is 9. The fourth-order valence-electron chi connectivity index (χ4n) is 3.66. The Bertz CT molecular complexity index is 1450.